The van der Waals surface area contributed by atoms with Crippen LogP contribution in [0.25, 0.3) is 0 Å². The van der Waals surface area contributed by atoms with Crippen LogP contribution in [0.2, 0.25) is 0 Å². The highest BCUT2D eigenvalue weighted by molar-refractivity contribution is 5.75. The number of rotatable bonds is 0. The molecule has 3 heteroatoms. The quantitative estimate of drug-likeness (QED) is 0.451. The van der Waals surface area contributed by atoms with Gasteiger partial charge in [-0.25, -0.2) is 0 Å². The topological polar surface area (TPSA) is 29.1 Å². The van der Waals surface area contributed by atoms with Crippen molar-refractivity contribution in [1.82, 2.24) is 5.32 Å². The SMILES string of the molecule is CC(C)=O.CNC.[B]. The highest BCUT2D eigenvalue weighted by Gasteiger charge is 1.62. The highest BCUT2D eigenvalue weighted by Crippen LogP contribution is 1.50. The van der Waals surface area contributed by atoms with E-state index in [4.69, 9.17) is 0 Å². The van der Waals surface area contributed by atoms with Crippen LogP contribution in [0, 0.1) is 0 Å². The second-order valence-electron chi connectivity index (χ2n) is 1.41. The minimum atomic E-state index is 0. The van der Waals surface area contributed by atoms with Gasteiger partial charge in [0, 0.05) is 8.41 Å². The van der Waals surface area contributed by atoms with E-state index in [1.807, 2.05) is 14.1 Å². The molecular weight excluding hydrogens is 101 g/mol. The first-order chi connectivity index (χ1) is 3.15. The summed E-state index contributed by atoms with van der Waals surface area (Å²) in [5.41, 5.74) is 0. The molecule has 0 saturated heterocycles. The third-order valence-electron chi connectivity index (χ3n) is 0. The number of carbonyl (C=O) groups excluding carboxylic acids is 1. The Hall–Kier alpha value is -0.305. The van der Waals surface area contributed by atoms with Crippen LogP contribution in [0.3, 0.4) is 0 Å². The van der Waals surface area contributed by atoms with Crippen molar-refractivity contribution < 1.29 is 4.79 Å². The zero-order valence-corrected chi connectivity index (χ0v) is 5.99. The van der Waals surface area contributed by atoms with Crippen molar-refractivity contribution in [3.05, 3.63) is 0 Å². The maximum absolute atomic E-state index is 9.44. The third kappa shape index (κ3) is 1350. The van der Waals surface area contributed by atoms with Crippen molar-refractivity contribution in [2.24, 2.45) is 0 Å². The minimum Gasteiger partial charge on any atom is -0.323 e. The fourth-order valence-corrected chi connectivity index (χ4v) is 0. The summed E-state index contributed by atoms with van der Waals surface area (Å²) in [4.78, 5) is 9.44. The normalized spacial score (nSPS) is 5.50. The van der Waals surface area contributed by atoms with E-state index in [0.717, 1.165) is 0 Å². The average Bonchev–Trinajstić information content (AvgIpc) is 1.33. The molecule has 0 bridgehead atoms. The first-order valence-corrected chi connectivity index (χ1v) is 2.20. The molecule has 3 radical (unpaired) electrons. The van der Waals surface area contributed by atoms with Crippen molar-refractivity contribution in [3.8, 4) is 0 Å². The number of hydrogen-bond donors (Lipinski definition) is 1. The van der Waals surface area contributed by atoms with Crippen molar-refractivity contribution in [1.29, 1.82) is 0 Å². The van der Waals surface area contributed by atoms with Gasteiger partial charge < -0.3 is 10.1 Å². The lowest BCUT2D eigenvalue weighted by molar-refractivity contribution is -0.114. The molecule has 8 heavy (non-hydrogen) atoms. The Morgan fingerprint density at radius 2 is 1.25 bits per heavy atom. The predicted molar refractivity (Wildman–Crippen MR) is 37.1 cm³/mol. The van der Waals surface area contributed by atoms with E-state index in [9.17, 15) is 4.79 Å². The van der Waals surface area contributed by atoms with Crippen LogP contribution < -0.4 is 5.32 Å². The molecule has 0 saturated carbocycles. The van der Waals surface area contributed by atoms with Gasteiger partial charge in [-0.05, 0) is 27.9 Å². The Bertz CT molecular complexity index is 43.7. The molecule has 2 nitrogen and oxygen atoms in total. The molecule has 0 unspecified atom stereocenters. The Morgan fingerprint density at radius 3 is 1.25 bits per heavy atom. The largest absolute Gasteiger partial charge is 0.323 e. The monoisotopic (exact) mass is 114 g/mol. The molecule has 0 heterocycles. The van der Waals surface area contributed by atoms with Crippen LogP contribution in [0.5, 0.6) is 0 Å². The molecule has 0 rings (SSSR count). The van der Waals surface area contributed by atoms with E-state index in [1.54, 1.807) is 0 Å². The number of carbonyl (C=O) groups is 1. The van der Waals surface area contributed by atoms with Gasteiger partial charge in [0.2, 0.25) is 0 Å². The summed E-state index contributed by atoms with van der Waals surface area (Å²) in [5, 5.41) is 2.75. The summed E-state index contributed by atoms with van der Waals surface area (Å²) in [7, 11) is 3.75. The highest BCUT2D eigenvalue weighted by atomic mass is 16.1. The first-order valence-electron chi connectivity index (χ1n) is 2.20. The summed E-state index contributed by atoms with van der Waals surface area (Å²) in [6.45, 7) is 3.06. The standard InChI is InChI=1S/C3H6O.C2H7N.B/c1-3(2)4;1-3-2;/h1-2H3;3H,1-2H3;. The Labute approximate surface area is 53.2 Å². The van der Waals surface area contributed by atoms with E-state index in [2.05, 4.69) is 5.32 Å². The van der Waals surface area contributed by atoms with E-state index in [0.29, 0.717) is 0 Å². The van der Waals surface area contributed by atoms with Crippen LogP contribution >= 0.6 is 0 Å². The Kier molecular flexibility index (Phi) is 31.1. The fraction of sp³-hybridized carbons (Fsp3) is 0.800. The van der Waals surface area contributed by atoms with Gasteiger partial charge in [0.25, 0.3) is 0 Å². The van der Waals surface area contributed by atoms with Crippen LogP contribution in [0.1, 0.15) is 13.8 Å². The second kappa shape index (κ2) is 15.9. The molecule has 0 aliphatic carbocycles. The molecule has 0 aromatic carbocycles. The minimum absolute atomic E-state index is 0. The van der Waals surface area contributed by atoms with Crippen molar-refractivity contribution in [2.75, 3.05) is 14.1 Å². The predicted octanol–water partition coefficient (Wildman–Crippen LogP) is 0.0501. The van der Waals surface area contributed by atoms with Crippen molar-refractivity contribution in [3.63, 3.8) is 0 Å². The number of ketones is 1. The van der Waals surface area contributed by atoms with E-state index < -0.39 is 0 Å². The van der Waals surface area contributed by atoms with Gasteiger partial charge in [-0.15, -0.1) is 0 Å². The molecule has 0 spiro atoms. The summed E-state index contributed by atoms with van der Waals surface area (Å²) < 4.78 is 0. The van der Waals surface area contributed by atoms with E-state index in [-0.39, 0.29) is 14.2 Å². The van der Waals surface area contributed by atoms with Gasteiger partial charge in [0.05, 0.1) is 0 Å². The molecule has 0 aromatic heterocycles. The lowest BCUT2D eigenvalue weighted by atomic mass is 10.6. The Morgan fingerprint density at radius 1 is 1.25 bits per heavy atom. The number of hydrogen-bond acceptors (Lipinski definition) is 2. The number of nitrogens with one attached hydrogen (secondary N) is 1. The van der Waals surface area contributed by atoms with Gasteiger partial charge in [0.1, 0.15) is 5.78 Å². The van der Waals surface area contributed by atoms with Gasteiger partial charge in [-0.3, -0.25) is 0 Å². The third-order valence-corrected chi connectivity index (χ3v) is 0. The summed E-state index contributed by atoms with van der Waals surface area (Å²) in [6, 6.07) is 0. The van der Waals surface area contributed by atoms with Crippen LogP contribution in [-0.4, -0.2) is 28.3 Å². The van der Waals surface area contributed by atoms with Crippen LogP contribution in [0.15, 0.2) is 0 Å². The maximum atomic E-state index is 9.44. The van der Waals surface area contributed by atoms with E-state index >= 15 is 0 Å². The second-order valence-corrected chi connectivity index (χ2v) is 1.41. The molecule has 0 aliphatic rings. The van der Waals surface area contributed by atoms with Gasteiger partial charge in [-0.1, -0.05) is 0 Å². The smallest absolute Gasteiger partial charge is 0.126 e. The van der Waals surface area contributed by atoms with Crippen molar-refractivity contribution >= 4 is 14.2 Å². The lowest BCUT2D eigenvalue weighted by Gasteiger charge is -1.59. The molecule has 0 amide bonds. The van der Waals surface area contributed by atoms with Crippen LogP contribution in [0.4, 0.5) is 0 Å². The number of Topliss-reactive ketones (excluding diaryl/α,β-unsaturated/α-hetero) is 1. The molecule has 0 fully saturated rings. The zero-order valence-electron chi connectivity index (χ0n) is 5.99. The Balaban J connectivity index is -0.0000000575. The van der Waals surface area contributed by atoms with Crippen LogP contribution in [-0.2, 0) is 4.79 Å². The maximum Gasteiger partial charge on any atom is 0.126 e. The van der Waals surface area contributed by atoms with Gasteiger partial charge in [-0.2, -0.15) is 0 Å². The van der Waals surface area contributed by atoms with Gasteiger partial charge >= 0.3 is 0 Å². The first kappa shape index (κ1) is 15.6. The molecule has 0 aromatic rings. The lowest BCUT2D eigenvalue weighted by Crippen LogP contribution is -1.89. The molecule has 0 atom stereocenters. The molecule has 47 valence electrons. The molecule has 1 N–H and O–H groups in total. The molecule has 0 aliphatic heterocycles. The summed E-state index contributed by atoms with van der Waals surface area (Å²) in [5.74, 6) is 0.167. The average molecular weight is 114 g/mol. The zero-order chi connectivity index (χ0) is 6.28. The molecular formula is C5H13BNO. The summed E-state index contributed by atoms with van der Waals surface area (Å²) >= 11 is 0. The fourth-order valence-electron chi connectivity index (χ4n) is 0. The van der Waals surface area contributed by atoms with Gasteiger partial charge in [0.15, 0.2) is 0 Å². The summed E-state index contributed by atoms with van der Waals surface area (Å²) in [6.07, 6.45) is 0. The van der Waals surface area contributed by atoms with E-state index in [1.165, 1.54) is 13.8 Å². The van der Waals surface area contributed by atoms with Crippen molar-refractivity contribution in [2.45, 2.75) is 13.8 Å².